The number of nitrogens with zero attached hydrogens (tertiary/aromatic N) is 1. The number of benzene rings is 1. The van der Waals surface area contributed by atoms with E-state index in [1.165, 1.54) is 6.42 Å². The highest BCUT2D eigenvalue weighted by Crippen LogP contribution is 2.22. The molecule has 252 valence electrons. The first-order valence-electron chi connectivity index (χ1n) is 17.0. The number of esters is 1. The number of unbranched alkanes of at least 4 members (excludes halogenated alkanes) is 4. The van der Waals surface area contributed by atoms with E-state index in [9.17, 15) is 24.0 Å². The summed E-state index contributed by atoms with van der Waals surface area (Å²) in [5.41, 5.74) is 6.01. The minimum absolute atomic E-state index is 0.0224. The average Bonchev–Trinajstić information content (AvgIpc) is 3.02. The smallest absolute Gasteiger partial charge is 0.325 e. The molecule has 0 bridgehead atoms. The Morgan fingerprint density at radius 1 is 0.911 bits per heavy atom. The number of hydrogen-bond acceptors (Lipinski definition) is 7. The van der Waals surface area contributed by atoms with Crippen molar-refractivity contribution in [2.24, 2.45) is 17.6 Å². The normalized spacial score (nSPS) is 15.4. The van der Waals surface area contributed by atoms with E-state index in [2.05, 4.69) is 22.5 Å². The quantitative estimate of drug-likeness (QED) is 0.0975. The van der Waals surface area contributed by atoms with Gasteiger partial charge in [0, 0.05) is 31.7 Å². The molecule has 45 heavy (non-hydrogen) atoms. The van der Waals surface area contributed by atoms with Crippen LogP contribution in [0, 0.1) is 11.8 Å². The number of Topliss-reactive ketones (excluding diaryl/α,β-unsaturated/α-hetero) is 1. The third-order valence-corrected chi connectivity index (χ3v) is 8.62. The second-order valence-corrected chi connectivity index (χ2v) is 12.5. The molecular weight excluding hydrogens is 572 g/mol. The van der Waals surface area contributed by atoms with Gasteiger partial charge >= 0.3 is 5.97 Å². The number of carbonyl (C=O) groups excluding carboxylic acids is 5. The summed E-state index contributed by atoms with van der Waals surface area (Å²) < 4.78 is 5.54. The van der Waals surface area contributed by atoms with Crippen LogP contribution in [-0.4, -0.2) is 66.6 Å². The van der Waals surface area contributed by atoms with Crippen molar-refractivity contribution < 1.29 is 28.7 Å². The Morgan fingerprint density at radius 3 is 2.24 bits per heavy atom. The molecule has 0 aliphatic carbocycles. The number of amides is 3. The molecule has 3 unspecified atom stereocenters. The second-order valence-electron chi connectivity index (χ2n) is 12.5. The van der Waals surface area contributed by atoms with Gasteiger partial charge in [-0.1, -0.05) is 65.0 Å². The van der Waals surface area contributed by atoms with Crippen molar-refractivity contribution in [3.05, 3.63) is 29.8 Å². The second kappa shape index (κ2) is 21.5. The van der Waals surface area contributed by atoms with Crippen LogP contribution in [0.1, 0.15) is 110 Å². The number of piperidine rings is 1. The number of primary amides is 1. The molecule has 4 N–H and O–H groups in total. The summed E-state index contributed by atoms with van der Waals surface area (Å²) in [4.78, 5) is 65.2. The number of rotatable bonds is 22. The van der Waals surface area contributed by atoms with Gasteiger partial charge in [-0.2, -0.15) is 0 Å². The maximum Gasteiger partial charge on any atom is 0.325 e. The Labute approximate surface area is 269 Å². The summed E-state index contributed by atoms with van der Waals surface area (Å²) in [7, 11) is 0. The van der Waals surface area contributed by atoms with Gasteiger partial charge in [0.05, 0.1) is 12.6 Å². The molecule has 10 heteroatoms. The molecular formula is C35H56N4O6. The molecule has 1 aliphatic heterocycles. The standard InChI is InChI=1S/C35H56N4O6/c1-4-6-9-15-33(42)38-30(23-27-16-18-28(19-17-27)45-34(43)25-39-21-12-8-13-22-39)31(40)24-29(26(3)5-2)35(44)37-20-11-7-10-14-32(36)41/h16-19,26,29-30H,4-15,20-25H2,1-3H3,(H2,36,41)(H,37,44)(H,38,42). The zero-order valence-electron chi connectivity index (χ0n) is 27.7. The number of nitrogens with one attached hydrogen (secondary N) is 2. The fraction of sp³-hybridized carbons (Fsp3) is 0.686. The van der Waals surface area contributed by atoms with Crippen molar-refractivity contribution in [1.29, 1.82) is 0 Å². The van der Waals surface area contributed by atoms with Crippen molar-refractivity contribution in [2.75, 3.05) is 26.2 Å². The zero-order chi connectivity index (χ0) is 33.0. The van der Waals surface area contributed by atoms with Gasteiger partial charge in [-0.05, 0) is 75.2 Å². The van der Waals surface area contributed by atoms with E-state index in [0.717, 1.165) is 70.0 Å². The van der Waals surface area contributed by atoms with Gasteiger partial charge < -0.3 is 21.1 Å². The molecule has 1 aliphatic rings. The summed E-state index contributed by atoms with van der Waals surface area (Å²) in [5.74, 6) is -1.26. The van der Waals surface area contributed by atoms with Crippen LogP contribution < -0.4 is 21.1 Å². The Kier molecular flexibility index (Phi) is 18.1. The number of ketones is 1. The van der Waals surface area contributed by atoms with Gasteiger partial charge in [0.25, 0.3) is 0 Å². The molecule has 1 saturated heterocycles. The SMILES string of the molecule is CCCCCC(=O)NC(Cc1ccc(OC(=O)CN2CCCCC2)cc1)C(=O)CC(C(=O)NCCCCCC(N)=O)C(C)CC. The Balaban J connectivity index is 2.04. The predicted molar refractivity (Wildman–Crippen MR) is 175 cm³/mol. The van der Waals surface area contributed by atoms with Crippen molar-refractivity contribution in [3.8, 4) is 5.75 Å². The molecule has 0 spiro atoms. The van der Waals surface area contributed by atoms with E-state index < -0.39 is 12.0 Å². The van der Waals surface area contributed by atoms with Crippen LogP contribution in [0.25, 0.3) is 0 Å². The summed E-state index contributed by atoms with van der Waals surface area (Å²) in [6, 6.07) is 6.27. The molecule has 10 nitrogen and oxygen atoms in total. The molecule has 3 atom stereocenters. The molecule has 2 rings (SSSR count). The van der Waals surface area contributed by atoms with Crippen LogP contribution in [0.15, 0.2) is 24.3 Å². The third kappa shape index (κ3) is 15.5. The maximum absolute atomic E-state index is 13.7. The molecule has 3 amide bonds. The maximum atomic E-state index is 13.7. The summed E-state index contributed by atoms with van der Waals surface area (Å²) in [6.45, 7) is 8.58. The number of likely N-dealkylation sites (tertiary alicyclic amines) is 1. The van der Waals surface area contributed by atoms with Gasteiger partial charge in [-0.3, -0.25) is 28.9 Å². The Hall–Kier alpha value is -3.27. The lowest BCUT2D eigenvalue weighted by atomic mass is 9.84. The molecule has 1 heterocycles. The zero-order valence-corrected chi connectivity index (χ0v) is 27.7. The number of nitrogens with two attached hydrogens (primary N) is 1. The lowest BCUT2D eigenvalue weighted by Crippen LogP contribution is -2.45. The summed E-state index contributed by atoms with van der Waals surface area (Å²) in [5, 5.41) is 5.91. The van der Waals surface area contributed by atoms with Gasteiger partial charge in [0.2, 0.25) is 17.7 Å². The highest BCUT2D eigenvalue weighted by atomic mass is 16.5. The molecule has 1 aromatic carbocycles. The van der Waals surface area contributed by atoms with E-state index in [4.69, 9.17) is 10.5 Å². The van der Waals surface area contributed by atoms with Crippen molar-refractivity contribution in [3.63, 3.8) is 0 Å². The first-order valence-corrected chi connectivity index (χ1v) is 17.0. The van der Waals surface area contributed by atoms with Crippen LogP contribution in [0.2, 0.25) is 0 Å². The first kappa shape index (κ1) is 37.9. The molecule has 0 saturated carbocycles. The Bertz CT molecular complexity index is 1070. The average molecular weight is 629 g/mol. The fourth-order valence-corrected chi connectivity index (χ4v) is 5.58. The van der Waals surface area contributed by atoms with Crippen LogP contribution in [-0.2, 0) is 30.4 Å². The molecule has 1 aromatic rings. The van der Waals surface area contributed by atoms with Crippen LogP contribution in [0.3, 0.4) is 0 Å². The van der Waals surface area contributed by atoms with Crippen LogP contribution >= 0.6 is 0 Å². The van der Waals surface area contributed by atoms with Crippen molar-refractivity contribution in [2.45, 2.75) is 117 Å². The van der Waals surface area contributed by atoms with Crippen LogP contribution in [0.4, 0.5) is 0 Å². The fourth-order valence-electron chi connectivity index (χ4n) is 5.58. The highest BCUT2D eigenvalue weighted by Gasteiger charge is 2.30. The minimum atomic E-state index is -0.778. The third-order valence-electron chi connectivity index (χ3n) is 8.62. The number of hydrogen-bond donors (Lipinski definition) is 3. The minimum Gasteiger partial charge on any atom is -0.426 e. The van der Waals surface area contributed by atoms with E-state index in [-0.39, 0.29) is 54.8 Å². The van der Waals surface area contributed by atoms with E-state index in [1.807, 2.05) is 26.0 Å². The topological polar surface area (TPSA) is 148 Å². The lowest BCUT2D eigenvalue weighted by molar-refractivity contribution is -0.136. The predicted octanol–water partition coefficient (Wildman–Crippen LogP) is 4.47. The monoisotopic (exact) mass is 628 g/mol. The molecule has 1 fully saturated rings. The van der Waals surface area contributed by atoms with E-state index in [0.29, 0.717) is 31.6 Å². The van der Waals surface area contributed by atoms with Crippen molar-refractivity contribution in [1.82, 2.24) is 15.5 Å². The number of ether oxygens (including phenoxy) is 1. The van der Waals surface area contributed by atoms with Crippen molar-refractivity contribution >= 4 is 29.5 Å². The van der Waals surface area contributed by atoms with Gasteiger partial charge in [0.1, 0.15) is 5.75 Å². The van der Waals surface area contributed by atoms with Crippen LogP contribution in [0.5, 0.6) is 5.75 Å². The largest absolute Gasteiger partial charge is 0.426 e. The van der Waals surface area contributed by atoms with E-state index in [1.54, 1.807) is 12.1 Å². The molecule has 0 aromatic heterocycles. The molecule has 0 radical (unpaired) electrons. The summed E-state index contributed by atoms with van der Waals surface area (Å²) >= 11 is 0. The summed E-state index contributed by atoms with van der Waals surface area (Å²) in [6.07, 6.45) is 9.94. The number of carbonyl (C=O) groups is 5. The Morgan fingerprint density at radius 2 is 1.60 bits per heavy atom. The first-order chi connectivity index (χ1) is 21.6. The highest BCUT2D eigenvalue weighted by molar-refractivity contribution is 5.92. The van der Waals surface area contributed by atoms with Gasteiger partial charge in [-0.15, -0.1) is 0 Å². The van der Waals surface area contributed by atoms with E-state index >= 15 is 0 Å². The van der Waals surface area contributed by atoms with Gasteiger partial charge in [0.15, 0.2) is 5.78 Å². The van der Waals surface area contributed by atoms with Gasteiger partial charge in [-0.25, -0.2) is 0 Å². The lowest BCUT2D eigenvalue weighted by Gasteiger charge is -2.25.